The highest BCUT2D eigenvalue weighted by molar-refractivity contribution is 7.93. The molecular weight excluding hydrogens is 220 g/mol. The van der Waals surface area contributed by atoms with Gasteiger partial charge >= 0.3 is 0 Å². The summed E-state index contributed by atoms with van der Waals surface area (Å²) in [6, 6.07) is 0. The van der Waals surface area contributed by atoms with Crippen LogP contribution in [0.5, 0.6) is 0 Å². The zero-order valence-electron chi connectivity index (χ0n) is 8.78. The molecule has 0 bridgehead atoms. The number of thiocarbonyl (C=S) groups is 1. The first kappa shape index (κ1) is 13.8. The molecule has 0 fully saturated rings. The van der Waals surface area contributed by atoms with Crippen molar-refractivity contribution in [2.24, 2.45) is 11.7 Å². The predicted octanol–water partition coefficient (Wildman–Crippen LogP) is 0.626. The van der Waals surface area contributed by atoms with Crippen LogP contribution in [0.15, 0.2) is 0 Å². The predicted molar refractivity (Wildman–Crippen MR) is 62.6 cm³/mol. The Morgan fingerprint density at radius 2 is 2.00 bits per heavy atom. The van der Waals surface area contributed by atoms with Crippen molar-refractivity contribution in [3.05, 3.63) is 0 Å². The molecule has 1 atom stereocenters. The van der Waals surface area contributed by atoms with Gasteiger partial charge in [-0.2, -0.15) is 0 Å². The monoisotopic (exact) mass is 238 g/mol. The molecule has 0 aromatic rings. The number of hydrogen-bond donors (Lipinski definition) is 2. The van der Waals surface area contributed by atoms with Crippen molar-refractivity contribution in [1.29, 1.82) is 0 Å². The van der Waals surface area contributed by atoms with Gasteiger partial charge in [0.25, 0.3) is 0 Å². The van der Waals surface area contributed by atoms with E-state index in [0.29, 0.717) is 13.0 Å². The molecule has 0 saturated heterocycles. The van der Waals surface area contributed by atoms with Gasteiger partial charge in [0.15, 0.2) is 0 Å². The molecule has 0 amide bonds. The third-order valence-electron chi connectivity index (χ3n) is 1.76. The molecular formula is C8H18N2O2S2. The van der Waals surface area contributed by atoms with Crippen LogP contribution in [0.25, 0.3) is 0 Å². The summed E-state index contributed by atoms with van der Waals surface area (Å²) in [5.41, 5.74) is 5.35. The molecule has 6 heteroatoms. The molecule has 0 radical (unpaired) electrons. The lowest BCUT2D eigenvalue weighted by Gasteiger charge is -2.16. The van der Waals surface area contributed by atoms with E-state index in [1.165, 1.54) is 0 Å². The minimum atomic E-state index is -3.38. The maximum absolute atomic E-state index is 11.6. The lowest BCUT2D eigenvalue weighted by Crippen LogP contribution is -2.42. The third-order valence-corrected chi connectivity index (χ3v) is 4.09. The van der Waals surface area contributed by atoms with E-state index in [4.69, 9.17) is 18.0 Å². The summed E-state index contributed by atoms with van der Waals surface area (Å²) >= 11 is 4.70. The fraction of sp³-hybridized carbons (Fsp3) is 0.875. The smallest absolute Gasteiger partial charge is 0.221 e. The number of hydrogen-bond acceptors (Lipinski definition) is 3. The molecule has 0 rings (SSSR count). The van der Waals surface area contributed by atoms with Crippen molar-refractivity contribution in [2.45, 2.75) is 32.4 Å². The van der Waals surface area contributed by atoms with Crippen molar-refractivity contribution in [3.63, 3.8) is 0 Å². The van der Waals surface area contributed by atoms with Crippen molar-refractivity contribution in [3.8, 4) is 0 Å². The van der Waals surface area contributed by atoms with Crippen LogP contribution in [0.1, 0.15) is 27.2 Å². The summed E-state index contributed by atoms with van der Waals surface area (Å²) < 4.78 is 25.8. The fourth-order valence-electron chi connectivity index (χ4n) is 0.957. The first-order valence-corrected chi connectivity index (χ1v) is 6.54. The van der Waals surface area contributed by atoms with Gasteiger partial charge in [0, 0.05) is 6.54 Å². The second-order valence-corrected chi connectivity index (χ2v) is 6.01. The molecule has 0 saturated carbocycles. The van der Waals surface area contributed by atoms with E-state index in [1.807, 2.05) is 13.8 Å². The molecule has 0 aliphatic rings. The molecule has 0 aromatic heterocycles. The molecule has 0 aliphatic carbocycles. The van der Waals surface area contributed by atoms with Crippen LogP contribution >= 0.6 is 12.2 Å². The Morgan fingerprint density at radius 1 is 1.50 bits per heavy atom. The molecule has 3 N–H and O–H groups in total. The van der Waals surface area contributed by atoms with Crippen molar-refractivity contribution in [2.75, 3.05) is 6.54 Å². The van der Waals surface area contributed by atoms with E-state index in [0.717, 1.165) is 0 Å². The topological polar surface area (TPSA) is 72.2 Å². The maximum atomic E-state index is 11.6. The van der Waals surface area contributed by atoms with Gasteiger partial charge in [0.2, 0.25) is 10.0 Å². The quantitative estimate of drug-likeness (QED) is 0.666. The summed E-state index contributed by atoms with van der Waals surface area (Å²) in [7, 11) is -3.38. The van der Waals surface area contributed by atoms with E-state index in [9.17, 15) is 8.42 Å². The van der Waals surface area contributed by atoms with Gasteiger partial charge < -0.3 is 5.73 Å². The Hall–Kier alpha value is -0.200. The number of sulfonamides is 1. The summed E-state index contributed by atoms with van der Waals surface area (Å²) in [5.74, 6) is 0.272. The van der Waals surface area contributed by atoms with E-state index in [2.05, 4.69) is 4.72 Å². The SMILES string of the molecule is CCC(C(N)=S)S(=O)(=O)NCC(C)C. The first-order chi connectivity index (χ1) is 6.31. The molecule has 14 heavy (non-hydrogen) atoms. The first-order valence-electron chi connectivity index (χ1n) is 4.59. The van der Waals surface area contributed by atoms with Crippen molar-refractivity contribution >= 4 is 27.2 Å². The van der Waals surface area contributed by atoms with Gasteiger partial charge in [0.05, 0.1) is 4.99 Å². The van der Waals surface area contributed by atoms with Crippen LogP contribution in [0.2, 0.25) is 0 Å². The molecule has 0 spiro atoms. The zero-order valence-corrected chi connectivity index (χ0v) is 10.4. The number of nitrogens with one attached hydrogen (secondary N) is 1. The highest BCUT2D eigenvalue weighted by atomic mass is 32.2. The van der Waals surface area contributed by atoms with Crippen LogP contribution < -0.4 is 10.5 Å². The van der Waals surface area contributed by atoms with Gasteiger partial charge in [0.1, 0.15) is 5.25 Å². The normalized spacial score (nSPS) is 14.3. The fourth-order valence-corrected chi connectivity index (χ4v) is 3.02. The van der Waals surface area contributed by atoms with E-state index < -0.39 is 15.3 Å². The lowest BCUT2D eigenvalue weighted by molar-refractivity contribution is 0.554. The minimum Gasteiger partial charge on any atom is -0.392 e. The highest BCUT2D eigenvalue weighted by Gasteiger charge is 2.25. The Labute approximate surface area is 91.3 Å². The van der Waals surface area contributed by atoms with Crippen LogP contribution in [-0.4, -0.2) is 25.2 Å². The summed E-state index contributed by atoms with van der Waals surface area (Å²) in [4.78, 5) is 0.0313. The summed E-state index contributed by atoms with van der Waals surface area (Å²) in [6.45, 7) is 6.04. The third kappa shape index (κ3) is 4.34. The Kier molecular flexibility index (Phi) is 5.54. The van der Waals surface area contributed by atoms with E-state index in [1.54, 1.807) is 6.92 Å². The Balaban J connectivity index is 4.51. The second-order valence-electron chi connectivity index (χ2n) is 3.59. The summed E-state index contributed by atoms with van der Waals surface area (Å²) in [5, 5.41) is -0.753. The lowest BCUT2D eigenvalue weighted by atomic mass is 10.2. The maximum Gasteiger partial charge on any atom is 0.221 e. The number of rotatable bonds is 6. The van der Waals surface area contributed by atoms with Crippen LogP contribution in [0.3, 0.4) is 0 Å². The molecule has 84 valence electrons. The molecule has 1 unspecified atom stereocenters. The van der Waals surface area contributed by atoms with Crippen LogP contribution in [0, 0.1) is 5.92 Å². The van der Waals surface area contributed by atoms with Gasteiger partial charge in [-0.1, -0.05) is 33.0 Å². The van der Waals surface area contributed by atoms with Gasteiger partial charge in [-0.25, -0.2) is 13.1 Å². The Bertz CT molecular complexity index is 286. The zero-order chi connectivity index (χ0) is 11.4. The van der Waals surface area contributed by atoms with Gasteiger partial charge in [-0.05, 0) is 12.3 Å². The average molecular weight is 238 g/mol. The van der Waals surface area contributed by atoms with Gasteiger partial charge in [-0.3, -0.25) is 0 Å². The highest BCUT2D eigenvalue weighted by Crippen LogP contribution is 2.05. The molecule has 4 nitrogen and oxygen atoms in total. The van der Waals surface area contributed by atoms with Crippen molar-refractivity contribution in [1.82, 2.24) is 4.72 Å². The van der Waals surface area contributed by atoms with Crippen LogP contribution in [0.4, 0.5) is 0 Å². The van der Waals surface area contributed by atoms with Crippen molar-refractivity contribution < 1.29 is 8.42 Å². The largest absolute Gasteiger partial charge is 0.392 e. The average Bonchev–Trinajstić information content (AvgIpc) is 2.01. The van der Waals surface area contributed by atoms with E-state index in [-0.39, 0.29) is 10.9 Å². The molecule has 0 aromatic carbocycles. The summed E-state index contributed by atoms with van der Waals surface area (Å²) in [6.07, 6.45) is 0.406. The second kappa shape index (κ2) is 5.63. The molecule has 0 heterocycles. The standard InChI is InChI=1S/C8H18N2O2S2/c1-4-7(8(9)13)14(11,12)10-5-6(2)3/h6-7,10H,4-5H2,1-3H3,(H2,9,13). The number of nitrogens with two attached hydrogens (primary N) is 1. The van der Waals surface area contributed by atoms with Crippen LogP contribution in [-0.2, 0) is 10.0 Å². The minimum absolute atomic E-state index is 0.0313. The van der Waals surface area contributed by atoms with E-state index >= 15 is 0 Å². The molecule has 0 aliphatic heterocycles. The Morgan fingerprint density at radius 3 is 2.29 bits per heavy atom. The van der Waals surface area contributed by atoms with Gasteiger partial charge in [-0.15, -0.1) is 0 Å².